The molecule has 5 atom stereocenters. The standard InChI is InChI=1S/C12H24O6/c1-12(2,3)4-5-17-11-10(16)9(15)8(14)7(6-13)18-11/h7-11,13-16H,4-6H2,1-3H3. The Balaban J connectivity index is 2.49. The second-order valence-electron chi connectivity index (χ2n) is 5.88. The second-order valence-corrected chi connectivity index (χ2v) is 5.88. The van der Waals surface area contributed by atoms with Crippen molar-refractivity contribution in [2.24, 2.45) is 5.41 Å². The highest BCUT2D eigenvalue weighted by atomic mass is 16.7. The van der Waals surface area contributed by atoms with Crippen molar-refractivity contribution in [2.45, 2.75) is 57.9 Å². The van der Waals surface area contributed by atoms with Gasteiger partial charge in [-0.3, -0.25) is 0 Å². The Labute approximate surface area is 107 Å². The molecule has 0 spiro atoms. The summed E-state index contributed by atoms with van der Waals surface area (Å²) in [5.74, 6) is 0. The predicted octanol–water partition coefficient (Wildman–Crippen LogP) is -0.761. The van der Waals surface area contributed by atoms with Crippen LogP contribution in [0.15, 0.2) is 0 Å². The lowest BCUT2D eigenvalue weighted by Crippen LogP contribution is -2.59. The van der Waals surface area contributed by atoms with E-state index in [0.717, 1.165) is 6.42 Å². The predicted molar refractivity (Wildman–Crippen MR) is 63.8 cm³/mol. The van der Waals surface area contributed by atoms with Crippen LogP contribution in [0.25, 0.3) is 0 Å². The third-order valence-corrected chi connectivity index (χ3v) is 2.98. The third kappa shape index (κ3) is 4.15. The van der Waals surface area contributed by atoms with Crippen molar-refractivity contribution in [2.75, 3.05) is 13.2 Å². The van der Waals surface area contributed by atoms with Gasteiger partial charge in [0.15, 0.2) is 6.29 Å². The average Bonchev–Trinajstić information content (AvgIpc) is 2.27. The highest BCUT2D eigenvalue weighted by Crippen LogP contribution is 2.24. The van der Waals surface area contributed by atoms with E-state index in [0.29, 0.717) is 6.61 Å². The summed E-state index contributed by atoms with van der Waals surface area (Å²) in [6, 6.07) is 0. The van der Waals surface area contributed by atoms with Crippen LogP contribution in [0.1, 0.15) is 27.2 Å². The van der Waals surface area contributed by atoms with Crippen LogP contribution >= 0.6 is 0 Å². The van der Waals surface area contributed by atoms with Gasteiger partial charge in [-0.15, -0.1) is 0 Å². The first kappa shape index (κ1) is 15.8. The van der Waals surface area contributed by atoms with Gasteiger partial charge in [-0.05, 0) is 11.8 Å². The van der Waals surface area contributed by atoms with Crippen LogP contribution in [-0.4, -0.2) is 64.3 Å². The van der Waals surface area contributed by atoms with Crippen LogP contribution in [0.2, 0.25) is 0 Å². The Morgan fingerprint density at radius 3 is 2.17 bits per heavy atom. The smallest absolute Gasteiger partial charge is 0.186 e. The lowest BCUT2D eigenvalue weighted by atomic mass is 9.93. The van der Waals surface area contributed by atoms with Crippen molar-refractivity contribution in [3.05, 3.63) is 0 Å². The van der Waals surface area contributed by atoms with Gasteiger partial charge in [-0.2, -0.15) is 0 Å². The van der Waals surface area contributed by atoms with Crippen molar-refractivity contribution in [3.8, 4) is 0 Å². The Morgan fingerprint density at radius 2 is 1.67 bits per heavy atom. The van der Waals surface area contributed by atoms with Crippen LogP contribution in [-0.2, 0) is 9.47 Å². The average molecular weight is 264 g/mol. The van der Waals surface area contributed by atoms with E-state index in [1.54, 1.807) is 0 Å². The summed E-state index contributed by atoms with van der Waals surface area (Å²) in [5, 5.41) is 37.8. The SMILES string of the molecule is CC(C)(C)CCOC1OC(CO)C(O)C(O)C1O. The van der Waals surface area contributed by atoms with Gasteiger partial charge in [0.05, 0.1) is 13.2 Å². The molecule has 4 N–H and O–H groups in total. The molecule has 0 aliphatic carbocycles. The van der Waals surface area contributed by atoms with E-state index in [4.69, 9.17) is 14.6 Å². The Kier molecular flexibility index (Phi) is 5.51. The normalized spacial score (nSPS) is 37.8. The highest BCUT2D eigenvalue weighted by Gasteiger charge is 2.43. The van der Waals surface area contributed by atoms with Crippen molar-refractivity contribution in [1.29, 1.82) is 0 Å². The van der Waals surface area contributed by atoms with Crippen LogP contribution < -0.4 is 0 Å². The fourth-order valence-electron chi connectivity index (χ4n) is 1.69. The van der Waals surface area contributed by atoms with Gasteiger partial charge in [0.1, 0.15) is 24.4 Å². The summed E-state index contributed by atoms with van der Waals surface area (Å²) in [4.78, 5) is 0. The molecule has 18 heavy (non-hydrogen) atoms. The summed E-state index contributed by atoms with van der Waals surface area (Å²) in [6.07, 6.45) is -5.21. The number of hydrogen-bond acceptors (Lipinski definition) is 6. The minimum Gasteiger partial charge on any atom is -0.394 e. The molecule has 0 aromatic carbocycles. The first-order valence-corrected chi connectivity index (χ1v) is 6.18. The van der Waals surface area contributed by atoms with Gasteiger partial charge < -0.3 is 29.9 Å². The molecular formula is C12H24O6. The zero-order valence-electron chi connectivity index (χ0n) is 11.1. The van der Waals surface area contributed by atoms with Gasteiger partial charge in [0.25, 0.3) is 0 Å². The molecule has 5 unspecified atom stereocenters. The molecule has 0 aromatic rings. The van der Waals surface area contributed by atoms with Gasteiger partial charge in [-0.25, -0.2) is 0 Å². The lowest BCUT2D eigenvalue weighted by Gasteiger charge is -2.39. The zero-order chi connectivity index (χ0) is 13.9. The topological polar surface area (TPSA) is 99.4 Å². The summed E-state index contributed by atoms with van der Waals surface area (Å²) in [5.41, 5.74) is 0.0914. The molecule has 0 saturated carbocycles. The monoisotopic (exact) mass is 264 g/mol. The molecule has 108 valence electrons. The second kappa shape index (κ2) is 6.27. The first-order valence-electron chi connectivity index (χ1n) is 6.18. The van der Waals surface area contributed by atoms with Gasteiger partial charge in [0.2, 0.25) is 0 Å². The minimum absolute atomic E-state index is 0.0914. The zero-order valence-corrected chi connectivity index (χ0v) is 11.1. The lowest BCUT2D eigenvalue weighted by molar-refractivity contribution is -0.301. The molecule has 1 fully saturated rings. The number of ether oxygens (including phenoxy) is 2. The molecule has 1 aliphatic heterocycles. The van der Waals surface area contributed by atoms with E-state index in [-0.39, 0.29) is 5.41 Å². The fourth-order valence-corrected chi connectivity index (χ4v) is 1.69. The van der Waals surface area contributed by atoms with E-state index in [1.165, 1.54) is 0 Å². The maximum Gasteiger partial charge on any atom is 0.186 e. The maximum absolute atomic E-state index is 9.71. The molecule has 1 saturated heterocycles. The van der Waals surface area contributed by atoms with Crippen molar-refractivity contribution in [1.82, 2.24) is 0 Å². The summed E-state index contributed by atoms with van der Waals surface area (Å²) in [7, 11) is 0. The molecule has 1 heterocycles. The first-order chi connectivity index (χ1) is 8.26. The van der Waals surface area contributed by atoms with E-state index < -0.39 is 37.3 Å². The number of aliphatic hydroxyl groups excluding tert-OH is 4. The molecule has 0 aromatic heterocycles. The quantitative estimate of drug-likeness (QED) is 0.532. The van der Waals surface area contributed by atoms with Crippen LogP contribution in [0.4, 0.5) is 0 Å². The largest absolute Gasteiger partial charge is 0.394 e. The molecule has 0 radical (unpaired) electrons. The van der Waals surface area contributed by atoms with E-state index in [9.17, 15) is 15.3 Å². The molecular weight excluding hydrogens is 240 g/mol. The van der Waals surface area contributed by atoms with Crippen molar-refractivity contribution < 1.29 is 29.9 Å². The minimum atomic E-state index is -1.38. The van der Waals surface area contributed by atoms with Crippen LogP contribution in [0.3, 0.4) is 0 Å². The van der Waals surface area contributed by atoms with Crippen molar-refractivity contribution >= 4 is 0 Å². The molecule has 6 nitrogen and oxygen atoms in total. The Hall–Kier alpha value is -0.240. The van der Waals surface area contributed by atoms with Gasteiger partial charge in [0, 0.05) is 0 Å². The highest BCUT2D eigenvalue weighted by molar-refractivity contribution is 4.88. The van der Waals surface area contributed by atoms with E-state index >= 15 is 0 Å². The van der Waals surface area contributed by atoms with E-state index in [1.807, 2.05) is 0 Å². The third-order valence-electron chi connectivity index (χ3n) is 2.98. The molecule has 1 rings (SSSR count). The number of aliphatic hydroxyl groups is 4. The Morgan fingerprint density at radius 1 is 1.06 bits per heavy atom. The molecule has 0 bridgehead atoms. The molecule has 1 aliphatic rings. The summed E-state index contributed by atoms with van der Waals surface area (Å²) in [6.45, 7) is 6.10. The van der Waals surface area contributed by atoms with Gasteiger partial charge in [-0.1, -0.05) is 20.8 Å². The van der Waals surface area contributed by atoms with E-state index in [2.05, 4.69) is 20.8 Å². The van der Waals surface area contributed by atoms with Crippen LogP contribution in [0, 0.1) is 5.41 Å². The fraction of sp³-hybridized carbons (Fsp3) is 1.00. The van der Waals surface area contributed by atoms with Crippen molar-refractivity contribution in [3.63, 3.8) is 0 Å². The van der Waals surface area contributed by atoms with Crippen LogP contribution in [0.5, 0.6) is 0 Å². The molecule has 0 amide bonds. The maximum atomic E-state index is 9.71. The van der Waals surface area contributed by atoms with Gasteiger partial charge >= 0.3 is 0 Å². The number of hydrogen-bond donors (Lipinski definition) is 4. The number of rotatable bonds is 4. The summed E-state index contributed by atoms with van der Waals surface area (Å²) >= 11 is 0. The molecule has 6 heteroatoms. The Bertz CT molecular complexity index is 249. The summed E-state index contributed by atoms with van der Waals surface area (Å²) < 4.78 is 10.6.